The van der Waals surface area contributed by atoms with Gasteiger partial charge in [0.1, 0.15) is 6.07 Å². The third-order valence-corrected chi connectivity index (χ3v) is 2.39. The highest BCUT2D eigenvalue weighted by Crippen LogP contribution is 2.25. The SMILES string of the molecule is CN(CCC#N)c1cccc(Cl)c1C#N. The van der Waals surface area contributed by atoms with Crippen molar-refractivity contribution in [1.29, 1.82) is 10.5 Å². The Hall–Kier alpha value is -1.71. The van der Waals surface area contributed by atoms with Crippen LogP contribution in [-0.2, 0) is 0 Å². The Kier molecular flexibility index (Phi) is 3.97. The Bertz CT molecular complexity index is 428. The lowest BCUT2D eigenvalue weighted by Gasteiger charge is -2.19. The van der Waals surface area contributed by atoms with Gasteiger partial charge in [-0.05, 0) is 12.1 Å². The summed E-state index contributed by atoms with van der Waals surface area (Å²) < 4.78 is 0. The van der Waals surface area contributed by atoms with Crippen LogP contribution in [0, 0.1) is 22.7 Å². The summed E-state index contributed by atoms with van der Waals surface area (Å²) in [6, 6.07) is 9.42. The highest BCUT2D eigenvalue weighted by Gasteiger charge is 2.09. The second-order valence-corrected chi connectivity index (χ2v) is 3.48. The van der Waals surface area contributed by atoms with E-state index in [0.29, 0.717) is 23.6 Å². The number of rotatable bonds is 3. The van der Waals surface area contributed by atoms with E-state index in [1.165, 1.54) is 0 Å². The zero-order chi connectivity index (χ0) is 11.3. The van der Waals surface area contributed by atoms with E-state index >= 15 is 0 Å². The molecule has 0 saturated carbocycles. The lowest BCUT2D eigenvalue weighted by Crippen LogP contribution is -2.19. The Morgan fingerprint density at radius 2 is 2.13 bits per heavy atom. The second-order valence-electron chi connectivity index (χ2n) is 3.08. The van der Waals surface area contributed by atoms with Gasteiger partial charge in [-0.25, -0.2) is 0 Å². The molecule has 3 nitrogen and oxygen atoms in total. The van der Waals surface area contributed by atoms with Gasteiger partial charge in [-0.3, -0.25) is 0 Å². The number of anilines is 1. The predicted molar refractivity (Wildman–Crippen MR) is 59.7 cm³/mol. The summed E-state index contributed by atoms with van der Waals surface area (Å²) in [6.07, 6.45) is 0.424. The van der Waals surface area contributed by atoms with Crippen LogP contribution in [0.3, 0.4) is 0 Å². The molecular formula is C11H10ClN3. The Morgan fingerprint density at radius 1 is 1.40 bits per heavy atom. The zero-order valence-corrected chi connectivity index (χ0v) is 9.12. The topological polar surface area (TPSA) is 50.8 Å². The quantitative estimate of drug-likeness (QED) is 0.785. The number of hydrogen-bond donors (Lipinski definition) is 0. The predicted octanol–water partition coefficient (Wildman–Crippen LogP) is 2.56. The molecule has 0 unspecified atom stereocenters. The molecule has 0 amide bonds. The van der Waals surface area contributed by atoms with Gasteiger partial charge >= 0.3 is 0 Å². The fraction of sp³-hybridized carbons (Fsp3) is 0.273. The Labute approximate surface area is 94.1 Å². The lowest BCUT2D eigenvalue weighted by atomic mass is 10.1. The fourth-order valence-corrected chi connectivity index (χ4v) is 1.49. The summed E-state index contributed by atoms with van der Waals surface area (Å²) in [5, 5.41) is 17.9. The number of hydrogen-bond acceptors (Lipinski definition) is 3. The van der Waals surface area contributed by atoms with E-state index < -0.39 is 0 Å². The minimum absolute atomic E-state index is 0.424. The normalized spacial score (nSPS) is 9.07. The summed E-state index contributed by atoms with van der Waals surface area (Å²) in [7, 11) is 1.84. The molecule has 76 valence electrons. The van der Waals surface area contributed by atoms with Gasteiger partial charge in [0.05, 0.1) is 28.8 Å². The van der Waals surface area contributed by atoms with E-state index in [9.17, 15) is 0 Å². The number of nitrogens with zero attached hydrogens (tertiary/aromatic N) is 3. The molecule has 0 fully saturated rings. The molecule has 4 heteroatoms. The average molecular weight is 220 g/mol. The van der Waals surface area contributed by atoms with Gasteiger partial charge in [-0.2, -0.15) is 10.5 Å². The van der Waals surface area contributed by atoms with Crippen LogP contribution in [0.4, 0.5) is 5.69 Å². The molecule has 0 bridgehead atoms. The maximum atomic E-state index is 8.95. The van der Waals surface area contributed by atoms with E-state index in [4.69, 9.17) is 22.1 Å². The van der Waals surface area contributed by atoms with E-state index in [2.05, 4.69) is 12.1 Å². The molecule has 1 aromatic rings. The van der Waals surface area contributed by atoms with Crippen molar-refractivity contribution >= 4 is 17.3 Å². The molecule has 0 radical (unpaired) electrons. The standard InChI is InChI=1S/C11H10ClN3/c1-15(7-3-6-13)11-5-2-4-10(12)9(11)8-14/h2,4-5H,3,7H2,1H3. The van der Waals surface area contributed by atoms with E-state index in [-0.39, 0.29) is 0 Å². The number of halogens is 1. The minimum Gasteiger partial charge on any atom is -0.372 e. The van der Waals surface area contributed by atoms with Gasteiger partial charge in [0.15, 0.2) is 0 Å². The summed E-state index contributed by atoms with van der Waals surface area (Å²) in [5.41, 5.74) is 1.22. The van der Waals surface area contributed by atoms with Crippen molar-refractivity contribution in [3.05, 3.63) is 28.8 Å². The molecule has 1 aromatic carbocycles. The Morgan fingerprint density at radius 3 is 2.73 bits per heavy atom. The summed E-state index contributed by atoms with van der Waals surface area (Å²) in [4.78, 5) is 1.85. The van der Waals surface area contributed by atoms with E-state index in [1.807, 2.05) is 18.0 Å². The summed E-state index contributed by atoms with van der Waals surface area (Å²) in [6.45, 7) is 0.589. The molecule has 0 N–H and O–H groups in total. The van der Waals surface area contributed by atoms with Gasteiger partial charge in [0.2, 0.25) is 0 Å². The van der Waals surface area contributed by atoms with Gasteiger partial charge in [0.25, 0.3) is 0 Å². The second kappa shape index (κ2) is 5.24. The molecule has 0 spiro atoms. The molecule has 1 rings (SSSR count). The minimum atomic E-state index is 0.424. The largest absolute Gasteiger partial charge is 0.372 e. The van der Waals surface area contributed by atoms with E-state index in [0.717, 1.165) is 5.69 Å². The maximum Gasteiger partial charge on any atom is 0.103 e. The molecule has 0 aliphatic rings. The third kappa shape index (κ3) is 2.62. The monoisotopic (exact) mass is 219 g/mol. The van der Waals surface area contributed by atoms with Crippen LogP contribution in [0.2, 0.25) is 5.02 Å². The highest BCUT2D eigenvalue weighted by atomic mass is 35.5. The Balaban J connectivity index is 3.00. The molecular weight excluding hydrogens is 210 g/mol. The van der Waals surface area contributed by atoms with Gasteiger partial charge < -0.3 is 4.90 Å². The first-order chi connectivity index (χ1) is 7.20. The molecule has 0 saturated heterocycles. The molecule has 0 aromatic heterocycles. The van der Waals surface area contributed by atoms with Crippen molar-refractivity contribution in [3.8, 4) is 12.1 Å². The van der Waals surface area contributed by atoms with Gasteiger partial charge in [0, 0.05) is 13.6 Å². The van der Waals surface area contributed by atoms with Crippen LogP contribution in [-0.4, -0.2) is 13.6 Å². The van der Waals surface area contributed by atoms with E-state index in [1.54, 1.807) is 12.1 Å². The molecule has 0 heterocycles. The van der Waals surface area contributed by atoms with Crippen LogP contribution in [0.1, 0.15) is 12.0 Å². The first-order valence-electron chi connectivity index (χ1n) is 4.47. The number of nitriles is 2. The zero-order valence-electron chi connectivity index (χ0n) is 8.37. The van der Waals surface area contributed by atoms with Crippen molar-refractivity contribution in [3.63, 3.8) is 0 Å². The van der Waals surface area contributed by atoms with Crippen molar-refractivity contribution in [1.82, 2.24) is 0 Å². The van der Waals surface area contributed by atoms with Crippen molar-refractivity contribution in [2.24, 2.45) is 0 Å². The van der Waals surface area contributed by atoms with Crippen molar-refractivity contribution in [2.75, 3.05) is 18.5 Å². The van der Waals surface area contributed by atoms with Crippen LogP contribution in [0.15, 0.2) is 18.2 Å². The van der Waals surface area contributed by atoms with Crippen LogP contribution >= 0.6 is 11.6 Å². The average Bonchev–Trinajstić information content (AvgIpc) is 2.25. The summed E-state index contributed by atoms with van der Waals surface area (Å²) in [5.74, 6) is 0. The van der Waals surface area contributed by atoms with Gasteiger partial charge in [-0.1, -0.05) is 17.7 Å². The molecule has 0 atom stereocenters. The van der Waals surface area contributed by atoms with Crippen LogP contribution < -0.4 is 4.90 Å². The molecule has 15 heavy (non-hydrogen) atoms. The summed E-state index contributed by atoms with van der Waals surface area (Å²) >= 11 is 5.89. The number of benzene rings is 1. The lowest BCUT2D eigenvalue weighted by molar-refractivity contribution is 0.903. The molecule has 0 aliphatic carbocycles. The van der Waals surface area contributed by atoms with Crippen molar-refractivity contribution in [2.45, 2.75) is 6.42 Å². The molecule has 0 aliphatic heterocycles. The van der Waals surface area contributed by atoms with Gasteiger partial charge in [-0.15, -0.1) is 0 Å². The first kappa shape index (κ1) is 11.4. The van der Waals surface area contributed by atoms with Crippen LogP contribution in [0.25, 0.3) is 0 Å². The first-order valence-corrected chi connectivity index (χ1v) is 4.85. The highest BCUT2D eigenvalue weighted by molar-refractivity contribution is 6.32. The fourth-order valence-electron chi connectivity index (χ4n) is 1.28. The third-order valence-electron chi connectivity index (χ3n) is 2.07. The maximum absolute atomic E-state index is 8.95. The van der Waals surface area contributed by atoms with Crippen LogP contribution in [0.5, 0.6) is 0 Å². The van der Waals surface area contributed by atoms with Crippen molar-refractivity contribution < 1.29 is 0 Å². The smallest absolute Gasteiger partial charge is 0.103 e.